The van der Waals surface area contributed by atoms with Gasteiger partial charge in [-0.05, 0) is 26.1 Å². The van der Waals surface area contributed by atoms with Crippen molar-refractivity contribution in [1.82, 2.24) is 4.90 Å². The van der Waals surface area contributed by atoms with Gasteiger partial charge in [0.1, 0.15) is 0 Å². The second-order valence-corrected chi connectivity index (χ2v) is 3.29. The second-order valence-electron chi connectivity index (χ2n) is 3.29. The first-order valence-electron chi connectivity index (χ1n) is 4.72. The van der Waals surface area contributed by atoms with Crippen molar-refractivity contribution >= 4 is 0 Å². The average molecular weight is 182 g/mol. The van der Waals surface area contributed by atoms with Gasteiger partial charge in [0.25, 0.3) is 0 Å². The summed E-state index contributed by atoms with van der Waals surface area (Å²) >= 11 is 0. The van der Waals surface area contributed by atoms with Crippen molar-refractivity contribution in [3.05, 3.63) is 24.2 Å². The summed E-state index contributed by atoms with van der Waals surface area (Å²) in [4.78, 5) is 2.25. The molecule has 1 aromatic heterocycles. The largest absolute Gasteiger partial charge is 0.472 e. The number of likely N-dealkylation sites (N-methyl/N-ethyl adjacent to an activating group) is 1. The highest BCUT2D eigenvalue weighted by molar-refractivity contribution is 5.11. The number of hydrogen-bond donors (Lipinski definition) is 1. The molecule has 3 nitrogen and oxygen atoms in total. The zero-order valence-corrected chi connectivity index (χ0v) is 8.36. The SMILES string of the molecule is CCCN(C)C(CN)c1ccoc1. The standard InChI is InChI=1S/C10H18N2O/c1-3-5-12(2)10(7-11)9-4-6-13-8-9/h4,6,8,10H,3,5,7,11H2,1-2H3. The number of nitrogens with zero attached hydrogens (tertiary/aromatic N) is 1. The average Bonchev–Trinajstić information content (AvgIpc) is 2.59. The van der Waals surface area contributed by atoms with E-state index in [1.165, 1.54) is 5.56 Å². The molecule has 13 heavy (non-hydrogen) atoms. The predicted molar refractivity (Wildman–Crippen MR) is 53.4 cm³/mol. The maximum Gasteiger partial charge on any atom is 0.0950 e. The first-order chi connectivity index (χ1) is 6.29. The molecule has 1 aromatic rings. The van der Waals surface area contributed by atoms with Crippen molar-refractivity contribution in [2.45, 2.75) is 19.4 Å². The van der Waals surface area contributed by atoms with E-state index in [2.05, 4.69) is 18.9 Å². The fourth-order valence-electron chi connectivity index (χ4n) is 1.54. The lowest BCUT2D eigenvalue weighted by atomic mass is 10.1. The first kappa shape index (κ1) is 10.3. The molecule has 0 fully saturated rings. The minimum Gasteiger partial charge on any atom is -0.472 e. The van der Waals surface area contributed by atoms with Gasteiger partial charge in [0, 0.05) is 18.2 Å². The van der Waals surface area contributed by atoms with Crippen molar-refractivity contribution in [1.29, 1.82) is 0 Å². The van der Waals surface area contributed by atoms with E-state index in [4.69, 9.17) is 10.2 Å². The van der Waals surface area contributed by atoms with E-state index in [0.717, 1.165) is 13.0 Å². The molecule has 1 heterocycles. The van der Waals surface area contributed by atoms with Crippen LogP contribution in [0.4, 0.5) is 0 Å². The minimum atomic E-state index is 0.290. The van der Waals surface area contributed by atoms with Crippen LogP contribution in [0.2, 0.25) is 0 Å². The summed E-state index contributed by atoms with van der Waals surface area (Å²) in [5.41, 5.74) is 6.88. The molecule has 0 aliphatic rings. The quantitative estimate of drug-likeness (QED) is 0.752. The van der Waals surface area contributed by atoms with Gasteiger partial charge in [-0.3, -0.25) is 4.90 Å². The monoisotopic (exact) mass is 182 g/mol. The predicted octanol–water partition coefficient (Wildman–Crippen LogP) is 1.62. The maximum atomic E-state index is 5.71. The van der Waals surface area contributed by atoms with Crippen LogP contribution in [0.15, 0.2) is 23.0 Å². The van der Waals surface area contributed by atoms with E-state index in [9.17, 15) is 0 Å². The molecule has 0 spiro atoms. The molecule has 0 amide bonds. The minimum absolute atomic E-state index is 0.290. The maximum absolute atomic E-state index is 5.71. The first-order valence-corrected chi connectivity index (χ1v) is 4.72. The Bertz CT molecular complexity index is 221. The zero-order valence-electron chi connectivity index (χ0n) is 8.36. The smallest absolute Gasteiger partial charge is 0.0950 e. The molecule has 2 N–H and O–H groups in total. The Morgan fingerprint density at radius 2 is 2.38 bits per heavy atom. The topological polar surface area (TPSA) is 42.4 Å². The van der Waals surface area contributed by atoms with E-state index in [1.807, 2.05) is 6.07 Å². The van der Waals surface area contributed by atoms with Crippen LogP contribution in [0.3, 0.4) is 0 Å². The van der Waals surface area contributed by atoms with Gasteiger partial charge in [0.05, 0.1) is 12.5 Å². The Balaban J connectivity index is 2.62. The third-order valence-electron chi connectivity index (χ3n) is 2.26. The summed E-state index contributed by atoms with van der Waals surface area (Å²) in [6.45, 7) is 3.86. The highest BCUT2D eigenvalue weighted by Crippen LogP contribution is 2.18. The van der Waals surface area contributed by atoms with Gasteiger partial charge in [-0.2, -0.15) is 0 Å². The second kappa shape index (κ2) is 5.04. The van der Waals surface area contributed by atoms with Crippen LogP contribution < -0.4 is 5.73 Å². The fourth-order valence-corrected chi connectivity index (χ4v) is 1.54. The normalized spacial score (nSPS) is 13.5. The van der Waals surface area contributed by atoms with Gasteiger partial charge in [-0.25, -0.2) is 0 Å². The summed E-state index contributed by atoms with van der Waals surface area (Å²) in [5, 5.41) is 0. The van der Waals surface area contributed by atoms with Crippen LogP contribution >= 0.6 is 0 Å². The molecule has 1 unspecified atom stereocenters. The van der Waals surface area contributed by atoms with Crippen LogP contribution in [-0.4, -0.2) is 25.0 Å². The van der Waals surface area contributed by atoms with Gasteiger partial charge in [-0.1, -0.05) is 6.92 Å². The molecule has 0 bridgehead atoms. The molecule has 0 aliphatic heterocycles. The van der Waals surface area contributed by atoms with E-state index in [-0.39, 0.29) is 0 Å². The fraction of sp³-hybridized carbons (Fsp3) is 0.600. The molecule has 3 heteroatoms. The van der Waals surface area contributed by atoms with Crippen molar-refractivity contribution in [3.8, 4) is 0 Å². The summed E-state index contributed by atoms with van der Waals surface area (Å²) in [7, 11) is 2.09. The third kappa shape index (κ3) is 2.57. The molecule has 74 valence electrons. The summed E-state index contributed by atoms with van der Waals surface area (Å²) < 4.78 is 5.04. The molecule has 0 radical (unpaired) electrons. The number of nitrogens with two attached hydrogens (primary N) is 1. The van der Waals surface area contributed by atoms with Crippen molar-refractivity contribution in [2.75, 3.05) is 20.1 Å². The summed E-state index contributed by atoms with van der Waals surface area (Å²) in [5.74, 6) is 0. The van der Waals surface area contributed by atoms with Gasteiger partial charge in [0.15, 0.2) is 0 Å². The van der Waals surface area contributed by atoms with E-state index in [0.29, 0.717) is 12.6 Å². The van der Waals surface area contributed by atoms with Gasteiger partial charge in [-0.15, -0.1) is 0 Å². The summed E-state index contributed by atoms with van der Waals surface area (Å²) in [6, 6.07) is 2.27. The lowest BCUT2D eigenvalue weighted by Gasteiger charge is -2.25. The van der Waals surface area contributed by atoms with E-state index in [1.54, 1.807) is 12.5 Å². The Morgan fingerprint density at radius 1 is 1.62 bits per heavy atom. The molecule has 1 atom stereocenters. The summed E-state index contributed by atoms with van der Waals surface area (Å²) in [6.07, 6.45) is 4.60. The van der Waals surface area contributed by atoms with Crippen molar-refractivity contribution < 1.29 is 4.42 Å². The Kier molecular flexibility index (Phi) is 3.99. The van der Waals surface area contributed by atoms with Crippen LogP contribution in [0, 0.1) is 0 Å². The van der Waals surface area contributed by atoms with E-state index >= 15 is 0 Å². The van der Waals surface area contributed by atoms with Crippen molar-refractivity contribution in [2.24, 2.45) is 5.73 Å². The number of rotatable bonds is 5. The van der Waals surface area contributed by atoms with E-state index < -0.39 is 0 Å². The Hall–Kier alpha value is -0.800. The molecular formula is C10H18N2O. The lowest BCUT2D eigenvalue weighted by Crippen LogP contribution is -2.30. The highest BCUT2D eigenvalue weighted by Gasteiger charge is 2.14. The zero-order chi connectivity index (χ0) is 9.68. The van der Waals surface area contributed by atoms with Gasteiger partial charge < -0.3 is 10.2 Å². The molecule has 0 saturated heterocycles. The molecular weight excluding hydrogens is 164 g/mol. The molecule has 0 aliphatic carbocycles. The van der Waals surface area contributed by atoms with Crippen LogP contribution in [0.1, 0.15) is 24.9 Å². The lowest BCUT2D eigenvalue weighted by molar-refractivity contribution is 0.249. The van der Waals surface area contributed by atoms with Crippen molar-refractivity contribution in [3.63, 3.8) is 0 Å². The van der Waals surface area contributed by atoms with Gasteiger partial charge in [0.2, 0.25) is 0 Å². The van der Waals surface area contributed by atoms with Gasteiger partial charge >= 0.3 is 0 Å². The Morgan fingerprint density at radius 3 is 2.85 bits per heavy atom. The van der Waals surface area contributed by atoms with Crippen LogP contribution in [0.5, 0.6) is 0 Å². The molecule has 0 aromatic carbocycles. The van der Waals surface area contributed by atoms with Crippen LogP contribution in [0.25, 0.3) is 0 Å². The van der Waals surface area contributed by atoms with Crippen LogP contribution in [-0.2, 0) is 0 Å². The molecule has 1 rings (SSSR count). The number of furan rings is 1. The molecule has 0 saturated carbocycles. The number of hydrogen-bond acceptors (Lipinski definition) is 3. The third-order valence-corrected chi connectivity index (χ3v) is 2.26. The highest BCUT2D eigenvalue weighted by atomic mass is 16.3. The Labute approximate surface area is 79.5 Å².